The minimum Gasteiger partial charge on any atom is -0.506 e. The number of hydrogen-bond donors (Lipinski definition) is 2. The lowest BCUT2D eigenvalue weighted by atomic mass is 10.2. The fourth-order valence-electron chi connectivity index (χ4n) is 1.95. The van der Waals surface area contributed by atoms with Crippen LogP contribution < -0.4 is 5.32 Å². The molecule has 2 N–H and O–H groups in total. The highest BCUT2D eigenvalue weighted by molar-refractivity contribution is 7.15. The minimum atomic E-state index is 0.200. The molecule has 0 unspecified atom stereocenters. The van der Waals surface area contributed by atoms with E-state index in [1.165, 1.54) is 4.88 Å². The van der Waals surface area contributed by atoms with Crippen LogP contribution in [0.5, 0.6) is 5.75 Å². The Kier molecular flexibility index (Phi) is 3.58. The zero-order valence-corrected chi connectivity index (χ0v) is 12.6. The molecule has 2 heterocycles. The van der Waals surface area contributed by atoms with Gasteiger partial charge in [-0.25, -0.2) is 9.97 Å². The normalized spacial score (nSPS) is 10.6. The third-order valence-corrected chi connectivity index (χ3v) is 4.32. The van der Waals surface area contributed by atoms with E-state index in [0.717, 1.165) is 16.3 Å². The monoisotopic (exact) mass is 297 g/mol. The molecule has 0 amide bonds. The summed E-state index contributed by atoms with van der Waals surface area (Å²) >= 11 is 1.67. The number of phenols is 1. The van der Waals surface area contributed by atoms with Crippen LogP contribution in [0.25, 0.3) is 10.6 Å². The van der Waals surface area contributed by atoms with E-state index in [1.54, 1.807) is 35.7 Å². The van der Waals surface area contributed by atoms with Gasteiger partial charge in [0.2, 0.25) is 0 Å². The van der Waals surface area contributed by atoms with E-state index in [1.807, 2.05) is 25.1 Å². The van der Waals surface area contributed by atoms with Gasteiger partial charge in [-0.1, -0.05) is 12.1 Å². The van der Waals surface area contributed by atoms with Crippen LogP contribution in [-0.4, -0.2) is 15.1 Å². The lowest BCUT2D eigenvalue weighted by Gasteiger charge is -2.08. The van der Waals surface area contributed by atoms with Crippen molar-refractivity contribution in [3.8, 4) is 16.3 Å². The molecule has 0 fully saturated rings. The number of nitrogens with one attached hydrogen (secondary N) is 1. The number of phenolic OH excluding ortho intramolecular Hbond substituents is 1. The fraction of sp³-hybridized carbons (Fsp3) is 0.125. The number of benzene rings is 1. The van der Waals surface area contributed by atoms with Gasteiger partial charge in [-0.3, -0.25) is 0 Å². The maximum atomic E-state index is 9.80. The van der Waals surface area contributed by atoms with Crippen LogP contribution in [0.1, 0.15) is 10.6 Å². The van der Waals surface area contributed by atoms with Crippen molar-refractivity contribution in [1.82, 2.24) is 9.97 Å². The predicted molar refractivity (Wildman–Crippen MR) is 86.2 cm³/mol. The largest absolute Gasteiger partial charge is 0.506 e. The molecule has 0 atom stereocenters. The summed E-state index contributed by atoms with van der Waals surface area (Å²) in [7, 11) is 0. The van der Waals surface area contributed by atoms with E-state index in [9.17, 15) is 5.11 Å². The van der Waals surface area contributed by atoms with Gasteiger partial charge in [0.25, 0.3) is 0 Å². The molecule has 106 valence electrons. The van der Waals surface area contributed by atoms with Gasteiger partial charge < -0.3 is 10.4 Å². The molecule has 5 heteroatoms. The highest BCUT2D eigenvalue weighted by Crippen LogP contribution is 2.30. The van der Waals surface area contributed by atoms with Crippen molar-refractivity contribution < 1.29 is 5.11 Å². The summed E-state index contributed by atoms with van der Waals surface area (Å²) in [4.78, 5) is 10.1. The number of rotatable bonds is 3. The summed E-state index contributed by atoms with van der Waals surface area (Å²) in [5, 5.41) is 13.9. The zero-order chi connectivity index (χ0) is 14.8. The highest BCUT2D eigenvalue weighted by atomic mass is 32.1. The highest BCUT2D eigenvalue weighted by Gasteiger charge is 2.08. The van der Waals surface area contributed by atoms with Crippen molar-refractivity contribution in [2.45, 2.75) is 13.8 Å². The molecule has 0 saturated heterocycles. The van der Waals surface area contributed by atoms with Gasteiger partial charge in [-0.05, 0) is 38.1 Å². The molecule has 0 aliphatic rings. The van der Waals surface area contributed by atoms with Gasteiger partial charge in [-0.15, -0.1) is 11.3 Å². The van der Waals surface area contributed by atoms with Gasteiger partial charge in [0.15, 0.2) is 0 Å². The van der Waals surface area contributed by atoms with E-state index in [0.29, 0.717) is 11.5 Å². The number of aryl methyl sites for hydroxylation is 2. The van der Waals surface area contributed by atoms with Gasteiger partial charge in [-0.2, -0.15) is 0 Å². The van der Waals surface area contributed by atoms with Crippen molar-refractivity contribution in [1.29, 1.82) is 0 Å². The van der Waals surface area contributed by atoms with Crippen molar-refractivity contribution in [2.75, 3.05) is 5.32 Å². The molecule has 0 spiro atoms. The lowest BCUT2D eigenvalue weighted by Crippen LogP contribution is -1.93. The van der Waals surface area contributed by atoms with Gasteiger partial charge in [0.05, 0.1) is 11.4 Å². The van der Waals surface area contributed by atoms with E-state index >= 15 is 0 Å². The van der Waals surface area contributed by atoms with E-state index in [2.05, 4.69) is 22.2 Å². The summed E-state index contributed by atoms with van der Waals surface area (Å²) in [6.07, 6.45) is 1.74. The molecule has 0 aliphatic heterocycles. The van der Waals surface area contributed by atoms with E-state index < -0.39 is 0 Å². The maximum Gasteiger partial charge on any atom is 0.139 e. The first-order chi connectivity index (χ1) is 10.1. The molecular formula is C16H15N3OS. The molecular weight excluding hydrogens is 282 g/mol. The Bertz CT molecular complexity index is 763. The Labute approximate surface area is 127 Å². The van der Waals surface area contributed by atoms with Crippen LogP contribution >= 0.6 is 11.3 Å². The summed E-state index contributed by atoms with van der Waals surface area (Å²) in [5.74, 6) is 0.880. The number of aromatic nitrogens is 2. The molecule has 0 aliphatic carbocycles. The fourth-order valence-corrected chi connectivity index (χ4v) is 2.86. The number of aromatic hydroxyl groups is 1. The van der Waals surface area contributed by atoms with Gasteiger partial charge in [0.1, 0.15) is 16.6 Å². The van der Waals surface area contributed by atoms with E-state index in [-0.39, 0.29) is 5.75 Å². The molecule has 4 nitrogen and oxygen atoms in total. The molecule has 0 saturated carbocycles. The Morgan fingerprint density at radius 3 is 2.67 bits per heavy atom. The Hall–Kier alpha value is -2.40. The number of thiazole rings is 1. The summed E-state index contributed by atoms with van der Waals surface area (Å²) in [5.41, 5.74) is 2.71. The third kappa shape index (κ3) is 2.87. The van der Waals surface area contributed by atoms with Crippen LogP contribution in [0.15, 0.2) is 42.6 Å². The van der Waals surface area contributed by atoms with Gasteiger partial charge in [0, 0.05) is 16.6 Å². The quantitative estimate of drug-likeness (QED) is 0.709. The maximum absolute atomic E-state index is 9.80. The first kappa shape index (κ1) is 13.6. The molecule has 0 bridgehead atoms. The average molecular weight is 297 g/mol. The van der Waals surface area contributed by atoms with Crippen LogP contribution in [0, 0.1) is 13.8 Å². The molecule has 3 rings (SSSR count). The second-order valence-electron chi connectivity index (χ2n) is 4.73. The van der Waals surface area contributed by atoms with Crippen LogP contribution in [0.2, 0.25) is 0 Å². The number of para-hydroxylation sites is 2. The first-order valence-electron chi connectivity index (χ1n) is 6.59. The second kappa shape index (κ2) is 5.54. The topological polar surface area (TPSA) is 58.0 Å². The summed E-state index contributed by atoms with van der Waals surface area (Å²) in [6.45, 7) is 4.08. The predicted octanol–water partition coefficient (Wildman–Crippen LogP) is 4.27. The third-order valence-electron chi connectivity index (χ3n) is 3.20. The van der Waals surface area contributed by atoms with Crippen LogP contribution in [0.4, 0.5) is 11.5 Å². The summed E-state index contributed by atoms with van der Waals surface area (Å²) < 4.78 is 0. The van der Waals surface area contributed by atoms with Crippen LogP contribution in [0.3, 0.4) is 0 Å². The number of nitrogens with zero attached hydrogens (tertiary/aromatic N) is 2. The minimum absolute atomic E-state index is 0.200. The van der Waals surface area contributed by atoms with E-state index in [4.69, 9.17) is 0 Å². The van der Waals surface area contributed by atoms with Crippen molar-refractivity contribution in [2.24, 2.45) is 0 Å². The second-order valence-corrected chi connectivity index (χ2v) is 5.94. The first-order valence-corrected chi connectivity index (χ1v) is 7.40. The van der Waals surface area contributed by atoms with Gasteiger partial charge >= 0.3 is 0 Å². The van der Waals surface area contributed by atoms with Crippen molar-refractivity contribution >= 4 is 22.8 Å². The molecule has 1 aromatic carbocycles. The Morgan fingerprint density at radius 2 is 1.95 bits per heavy atom. The number of anilines is 2. The number of hydrogen-bond acceptors (Lipinski definition) is 5. The van der Waals surface area contributed by atoms with Crippen molar-refractivity contribution in [3.05, 3.63) is 53.2 Å². The molecule has 0 radical (unpaired) electrons. The molecule has 3 aromatic rings. The van der Waals surface area contributed by atoms with Crippen LogP contribution in [-0.2, 0) is 0 Å². The Balaban J connectivity index is 1.92. The number of pyridine rings is 1. The SMILES string of the molecule is Cc1nc(-c2ccnc(Nc3ccccc3O)c2)sc1C. The Morgan fingerprint density at radius 1 is 1.14 bits per heavy atom. The smallest absolute Gasteiger partial charge is 0.139 e. The lowest BCUT2D eigenvalue weighted by molar-refractivity contribution is 0.477. The summed E-state index contributed by atoms with van der Waals surface area (Å²) in [6, 6.07) is 11.0. The average Bonchev–Trinajstić information content (AvgIpc) is 2.82. The van der Waals surface area contributed by atoms with Crippen molar-refractivity contribution in [3.63, 3.8) is 0 Å². The molecule has 2 aromatic heterocycles. The zero-order valence-electron chi connectivity index (χ0n) is 11.8. The standard InChI is InChI=1S/C16H15N3OS/c1-10-11(2)21-16(18-10)12-7-8-17-15(9-12)19-13-5-3-4-6-14(13)20/h3-9,20H,1-2H3,(H,17,19). The molecule has 21 heavy (non-hydrogen) atoms.